The van der Waals surface area contributed by atoms with Gasteiger partial charge in [0, 0.05) is 19.6 Å². The Kier molecular flexibility index (Phi) is 4.95. The number of benzene rings is 1. The van der Waals surface area contributed by atoms with E-state index in [2.05, 4.69) is 0 Å². The molecule has 0 bridgehead atoms. The fourth-order valence-corrected chi connectivity index (χ4v) is 4.02. The van der Waals surface area contributed by atoms with Crippen molar-refractivity contribution in [3.8, 4) is 0 Å². The van der Waals surface area contributed by atoms with Gasteiger partial charge in [-0.15, -0.1) is 0 Å². The Morgan fingerprint density at radius 3 is 2.35 bits per heavy atom. The van der Waals surface area contributed by atoms with Crippen LogP contribution in [0.2, 0.25) is 0 Å². The smallest absolute Gasteiger partial charge is 0.304 e. The van der Waals surface area contributed by atoms with E-state index in [1.807, 2.05) is 0 Å². The molecule has 2 N–H and O–H groups in total. The molecule has 1 aliphatic rings. The van der Waals surface area contributed by atoms with E-state index in [0.29, 0.717) is 38.3 Å². The molecule has 2 rings (SSSR count). The van der Waals surface area contributed by atoms with E-state index >= 15 is 0 Å². The van der Waals surface area contributed by atoms with Crippen LogP contribution in [0, 0.1) is 5.82 Å². The van der Waals surface area contributed by atoms with Crippen LogP contribution in [0.1, 0.15) is 19.3 Å². The van der Waals surface area contributed by atoms with Crippen molar-refractivity contribution in [1.82, 2.24) is 4.31 Å². The van der Waals surface area contributed by atoms with E-state index in [-0.39, 0.29) is 5.82 Å². The molecular formula is C13H20FN3O2S. The first-order chi connectivity index (χ1) is 9.55. The molecule has 0 aromatic heterocycles. The summed E-state index contributed by atoms with van der Waals surface area (Å²) in [5.41, 5.74) is 5.96. The first-order valence-corrected chi connectivity index (χ1v) is 8.19. The molecular weight excluding hydrogens is 281 g/mol. The highest BCUT2D eigenvalue weighted by molar-refractivity contribution is 7.90. The Bertz CT molecular complexity index is 527. The summed E-state index contributed by atoms with van der Waals surface area (Å²) in [5, 5.41) is 0. The normalized spacial score (nSPS) is 16.5. The van der Waals surface area contributed by atoms with Gasteiger partial charge in [0.05, 0.1) is 5.69 Å². The number of rotatable bonds is 6. The summed E-state index contributed by atoms with van der Waals surface area (Å²) < 4.78 is 41.1. The molecule has 0 radical (unpaired) electrons. The maximum absolute atomic E-state index is 13.0. The molecule has 0 unspecified atom stereocenters. The molecule has 20 heavy (non-hydrogen) atoms. The average Bonchev–Trinajstić information content (AvgIpc) is 2.96. The Morgan fingerprint density at radius 1 is 1.20 bits per heavy atom. The molecule has 0 saturated carbocycles. The average molecular weight is 301 g/mol. The van der Waals surface area contributed by atoms with Crippen LogP contribution in [-0.2, 0) is 10.2 Å². The lowest BCUT2D eigenvalue weighted by Crippen LogP contribution is -2.43. The van der Waals surface area contributed by atoms with Gasteiger partial charge in [0.2, 0.25) is 0 Å². The lowest BCUT2D eigenvalue weighted by molar-refractivity contribution is 0.472. The van der Waals surface area contributed by atoms with Crippen molar-refractivity contribution in [2.24, 2.45) is 5.73 Å². The van der Waals surface area contributed by atoms with E-state index in [4.69, 9.17) is 5.73 Å². The van der Waals surface area contributed by atoms with Gasteiger partial charge in [0.15, 0.2) is 0 Å². The summed E-state index contributed by atoms with van der Waals surface area (Å²) in [7, 11) is -3.55. The van der Waals surface area contributed by atoms with Crippen molar-refractivity contribution < 1.29 is 12.8 Å². The van der Waals surface area contributed by atoms with Gasteiger partial charge in [-0.2, -0.15) is 12.7 Å². The van der Waals surface area contributed by atoms with Crippen LogP contribution in [-0.4, -0.2) is 38.9 Å². The van der Waals surface area contributed by atoms with Gasteiger partial charge in [-0.05, 0) is 50.1 Å². The molecule has 112 valence electrons. The zero-order valence-corrected chi connectivity index (χ0v) is 12.2. The predicted molar refractivity (Wildman–Crippen MR) is 77.1 cm³/mol. The quantitative estimate of drug-likeness (QED) is 0.862. The minimum Gasteiger partial charge on any atom is -0.330 e. The second-order valence-corrected chi connectivity index (χ2v) is 6.66. The van der Waals surface area contributed by atoms with Crippen molar-refractivity contribution in [1.29, 1.82) is 0 Å². The van der Waals surface area contributed by atoms with Crippen LogP contribution >= 0.6 is 0 Å². The molecule has 0 aliphatic carbocycles. The third-order valence-corrected chi connectivity index (χ3v) is 5.32. The lowest BCUT2D eigenvalue weighted by Gasteiger charge is -2.29. The highest BCUT2D eigenvalue weighted by Gasteiger charge is 2.31. The summed E-state index contributed by atoms with van der Waals surface area (Å²) >= 11 is 0. The minimum absolute atomic E-state index is 0.307. The molecule has 1 fully saturated rings. The Hall–Kier alpha value is -1.18. The number of halogens is 1. The first kappa shape index (κ1) is 15.2. The molecule has 0 amide bonds. The number of anilines is 1. The van der Waals surface area contributed by atoms with Gasteiger partial charge in [-0.3, -0.25) is 4.31 Å². The SMILES string of the molecule is NCCCN(c1ccc(F)cc1)S(=O)(=O)N1CCCC1. The molecule has 7 heteroatoms. The topological polar surface area (TPSA) is 66.6 Å². The van der Waals surface area contributed by atoms with E-state index in [0.717, 1.165) is 12.8 Å². The van der Waals surface area contributed by atoms with E-state index < -0.39 is 10.2 Å². The second-order valence-electron chi connectivity index (χ2n) is 4.80. The molecule has 5 nitrogen and oxygen atoms in total. The summed E-state index contributed by atoms with van der Waals surface area (Å²) in [6.07, 6.45) is 2.32. The van der Waals surface area contributed by atoms with E-state index in [1.54, 1.807) is 0 Å². The zero-order chi connectivity index (χ0) is 14.6. The van der Waals surface area contributed by atoms with Crippen LogP contribution < -0.4 is 10.0 Å². The third-order valence-electron chi connectivity index (χ3n) is 3.35. The second kappa shape index (κ2) is 6.51. The molecule has 1 aliphatic heterocycles. The zero-order valence-electron chi connectivity index (χ0n) is 11.3. The van der Waals surface area contributed by atoms with Gasteiger partial charge in [-0.1, -0.05) is 0 Å². The Balaban J connectivity index is 2.28. The van der Waals surface area contributed by atoms with Crippen LogP contribution in [0.15, 0.2) is 24.3 Å². The van der Waals surface area contributed by atoms with Crippen molar-refractivity contribution in [3.05, 3.63) is 30.1 Å². The van der Waals surface area contributed by atoms with Crippen molar-refractivity contribution in [2.45, 2.75) is 19.3 Å². The fraction of sp³-hybridized carbons (Fsp3) is 0.538. The maximum Gasteiger partial charge on any atom is 0.304 e. The van der Waals surface area contributed by atoms with Gasteiger partial charge in [0.25, 0.3) is 0 Å². The Labute approximate surface area is 119 Å². The maximum atomic E-state index is 13.0. The minimum atomic E-state index is -3.55. The largest absolute Gasteiger partial charge is 0.330 e. The first-order valence-electron chi connectivity index (χ1n) is 6.79. The van der Waals surface area contributed by atoms with Crippen LogP contribution in [0.25, 0.3) is 0 Å². The fourth-order valence-electron chi connectivity index (χ4n) is 2.28. The van der Waals surface area contributed by atoms with E-state index in [1.165, 1.54) is 32.9 Å². The van der Waals surface area contributed by atoms with Gasteiger partial charge in [0.1, 0.15) is 5.82 Å². The van der Waals surface area contributed by atoms with Gasteiger partial charge in [-0.25, -0.2) is 4.39 Å². The highest BCUT2D eigenvalue weighted by atomic mass is 32.2. The number of hydrogen-bond acceptors (Lipinski definition) is 3. The van der Waals surface area contributed by atoms with Gasteiger partial charge < -0.3 is 5.73 Å². The van der Waals surface area contributed by atoms with Gasteiger partial charge >= 0.3 is 10.2 Å². The number of hydrogen-bond donors (Lipinski definition) is 1. The molecule has 0 atom stereocenters. The monoisotopic (exact) mass is 301 g/mol. The summed E-state index contributed by atoms with van der Waals surface area (Å²) in [6.45, 7) is 1.81. The molecule has 1 heterocycles. The number of nitrogens with zero attached hydrogens (tertiary/aromatic N) is 2. The summed E-state index contributed by atoms with van der Waals surface area (Å²) in [6, 6.07) is 5.51. The van der Waals surface area contributed by atoms with Crippen molar-refractivity contribution >= 4 is 15.9 Å². The van der Waals surface area contributed by atoms with Crippen molar-refractivity contribution in [3.63, 3.8) is 0 Å². The molecule has 1 aromatic rings. The molecule has 1 aromatic carbocycles. The third kappa shape index (κ3) is 3.28. The van der Waals surface area contributed by atoms with E-state index in [9.17, 15) is 12.8 Å². The molecule has 1 saturated heterocycles. The standard InChI is InChI=1S/C13H20FN3O2S/c14-12-4-6-13(7-5-12)17(11-3-8-15)20(18,19)16-9-1-2-10-16/h4-7H,1-3,8-11,15H2. The van der Waals surface area contributed by atoms with Crippen molar-refractivity contribution in [2.75, 3.05) is 30.5 Å². The summed E-state index contributed by atoms with van der Waals surface area (Å²) in [4.78, 5) is 0. The number of nitrogens with two attached hydrogens (primary N) is 1. The van der Waals surface area contributed by atoms with Crippen LogP contribution in [0.3, 0.4) is 0 Å². The summed E-state index contributed by atoms with van der Waals surface area (Å²) in [5.74, 6) is -0.383. The lowest BCUT2D eigenvalue weighted by atomic mass is 10.3. The molecule has 0 spiro atoms. The Morgan fingerprint density at radius 2 is 1.80 bits per heavy atom. The van der Waals surface area contributed by atoms with Crippen LogP contribution in [0.4, 0.5) is 10.1 Å². The predicted octanol–water partition coefficient (Wildman–Crippen LogP) is 1.32. The van der Waals surface area contributed by atoms with Crippen LogP contribution in [0.5, 0.6) is 0 Å². The highest BCUT2D eigenvalue weighted by Crippen LogP contribution is 2.23.